The molecule has 0 atom stereocenters. The van der Waals surface area contributed by atoms with Gasteiger partial charge in [0.05, 0.1) is 6.20 Å². The summed E-state index contributed by atoms with van der Waals surface area (Å²) in [6.07, 6.45) is 2.99. The van der Waals surface area contributed by atoms with Gasteiger partial charge in [0.25, 0.3) is 0 Å². The molecule has 0 aromatic carbocycles. The number of halogens is 1. The van der Waals surface area contributed by atoms with Gasteiger partial charge in [-0.25, -0.2) is 4.98 Å². The Morgan fingerprint density at radius 1 is 1.75 bits per heavy atom. The molecule has 46 valence electrons. The highest BCUT2D eigenvalue weighted by atomic mass is 35.5. The minimum absolute atomic E-state index is 0. The molecule has 1 aromatic rings. The van der Waals surface area contributed by atoms with E-state index in [0.717, 1.165) is 0 Å². The van der Waals surface area contributed by atoms with Crippen LogP contribution in [0.15, 0.2) is 17.0 Å². The lowest BCUT2D eigenvalue weighted by molar-refractivity contribution is 0.573. The van der Waals surface area contributed by atoms with Crippen molar-refractivity contribution in [3.8, 4) is 0 Å². The predicted molar refractivity (Wildman–Crippen MR) is 33.3 cm³/mol. The van der Waals surface area contributed by atoms with E-state index in [4.69, 9.17) is 4.42 Å². The van der Waals surface area contributed by atoms with Gasteiger partial charge >= 0.3 is 0 Å². The van der Waals surface area contributed by atoms with Gasteiger partial charge in [-0.3, -0.25) is 0 Å². The zero-order chi connectivity index (χ0) is 5.11. The Labute approximate surface area is 53.5 Å². The molecule has 0 aliphatic rings. The topological polar surface area (TPSA) is 38.1 Å². The van der Waals surface area contributed by atoms with Crippen LogP contribution in [0.2, 0.25) is 0 Å². The normalized spacial score (nSPS) is 7.62. The van der Waals surface area contributed by atoms with Crippen LogP contribution in [0.3, 0.4) is 0 Å². The molecule has 0 saturated heterocycles. The van der Waals surface area contributed by atoms with Crippen LogP contribution < -0.4 is 5.32 Å². The summed E-state index contributed by atoms with van der Waals surface area (Å²) in [6, 6.07) is 0. The zero-order valence-corrected chi connectivity index (χ0v) is 5.23. The van der Waals surface area contributed by atoms with Gasteiger partial charge in [-0.1, -0.05) is 0 Å². The molecule has 0 fully saturated rings. The number of anilines is 1. The molecule has 3 nitrogen and oxygen atoms in total. The van der Waals surface area contributed by atoms with Crippen molar-refractivity contribution in [2.45, 2.75) is 0 Å². The summed E-state index contributed by atoms with van der Waals surface area (Å²) in [5.74, 6) is 0.694. The van der Waals surface area contributed by atoms with Crippen LogP contribution in [0.5, 0.6) is 0 Å². The summed E-state index contributed by atoms with van der Waals surface area (Å²) in [5.41, 5.74) is 0. The second-order valence-electron chi connectivity index (χ2n) is 1.12. The van der Waals surface area contributed by atoms with Gasteiger partial charge in [-0.15, -0.1) is 12.4 Å². The van der Waals surface area contributed by atoms with Crippen LogP contribution >= 0.6 is 12.4 Å². The van der Waals surface area contributed by atoms with E-state index < -0.39 is 0 Å². The first-order valence-corrected chi connectivity index (χ1v) is 1.99. The summed E-state index contributed by atoms with van der Waals surface area (Å²) in [4.78, 5) is 3.66. The Kier molecular flexibility index (Phi) is 3.03. The smallest absolute Gasteiger partial charge is 0.213 e. The standard InChI is InChI=1S/C4H6N2O.ClH/c1-5-4-2-6-3-7-4;/h2-3,5H,1H3;1H. The second kappa shape index (κ2) is 3.32. The summed E-state index contributed by atoms with van der Waals surface area (Å²) in [5, 5.41) is 2.78. The molecule has 0 amide bonds. The van der Waals surface area contributed by atoms with E-state index in [0.29, 0.717) is 5.88 Å². The minimum Gasteiger partial charge on any atom is -0.428 e. The molecule has 0 saturated carbocycles. The van der Waals surface area contributed by atoms with Crippen LogP contribution in [-0.2, 0) is 0 Å². The average Bonchev–Trinajstić information content (AvgIpc) is 2.14. The molecule has 1 N–H and O–H groups in total. The fourth-order valence-electron chi connectivity index (χ4n) is 0.339. The third-order valence-corrected chi connectivity index (χ3v) is 0.679. The Morgan fingerprint density at radius 3 is 2.75 bits per heavy atom. The maximum Gasteiger partial charge on any atom is 0.213 e. The van der Waals surface area contributed by atoms with Crippen molar-refractivity contribution in [3.05, 3.63) is 12.6 Å². The van der Waals surface area contributed by atoms with E-state index in [2.05, 4.69) is 10.3 Å². The number of hydrogen-bond donors (Lipinski definition) is 1. The number of nitrogens with zero attached hydrogens (tertiary/aromatic N) is 1. The molecule has 1 rings (SSSR count). The van der Waals surface area contributed by atoms with Gasteiger partial charge in [0.2, 0.25) is 5.88 Å². The quantitative estimate of drug-likeness (QED) is 0.626. The molecule has 0 bridgehead atoms. The van der Waals surface area contributed by atoms with Crippen LogP contribution in [0.25, 0.3) is 0 Å². The molecule has 1 heterocycles. The van der Waals surface area contributed by atoms with Crippen molar-refractivity contribution < 1.29 is 4.42 Å². The molecule has 0 aliphatic carbocycles. The van der Waals surface area contributed by atoms with Gasteiger partial charge in [0.15, 0.2) is 6.39 Å². The van der Waals surface area contributed by atoms with Crippen molar-refractivity contribution in [1.82, 2.24) is 4.98 Å². The largest absolute Gasteiger partial charge is 0.428 e. The van der Waals surface area contributed by atoms with Crippen molar-refractivity contribution in [1.29, 1.82) is 0 Å². The molecule has 0 radical (unpaired) electrons. The van der Waals surface area contributed by atoms with Crippen molar-refractivity contribution in [2.75, 3.05) is 12.4 Å². The average molecular weight is 135 g/mol. The van der Waals surface area contributed by atoms with E-state index in [-0.39, 0.29) is 12.4 Å². The molecule has 0 aliphatic heterocycles. The van der Waals surface area contributed by atoms with E-state index in [1.54, 1.807) is 13.2 Å². The Morgan fingerprint density at radius 2 is 2.50 bits per heavy atom. The Balaban J connectivity index is 0.000000490. The maximum atomic E-state index is 4.76. The second-order valence-corrected chi connectivity index (χ2v) is 1.12. The van der Waals surface area contributed by atoms with Crippen molar-refractivity contribution >= 4 is 18.3 Å². The van der Waals surface area contributed by atoms with Crippen LogP contribution in [0, 0.1) is 0 Å². The van der Waals surface area contributed by atoms with Gasteiger partial charge < -0.3 is 9.73 Å². The predicted octanol–water partition coefficient (Wildman–Crippen LogP) is 1.14. The van der Waals surface area contributed by atoms with Crippen molar-refractivity contribution in [3.63, 3.8) is 0 Å². The van der Waals surface area contributed by atoms with E-state index >= 15 is 0 Å². The van der Waals surface area contributed by atoms with Crippen LogP contribution in [0.1, 0.15) is 0 Å². The first-order valence-electron chi connectivity index (χ1n) is 1.99. The number of hydrogen-bond acceptors (Lipinski definition) is 3. The molecular weight excluding hydrogens is 128 g/mol. The fraction of sp³-hybridized carbons (Fsp3) is 0.250. The Hall–Kier alpha value is -0.700. The lowest BCUT2D eigenvalue weighted by Gasteiger charge is -1.83. The third-order valence-electron chi connectivity index (χ3n) is 0.679. The minimum atomic E-state index is 0. The molecule has 0 spiro atoms. The SMILES string of the molecule is CNc1cnco1.Cl. The van der Waals surface area contributed by atoms with E-state index in [1.807, 2.05) is 0 Å². The lowest BCUT2D eigenvalue weighted by Crippen LogP contribution is -1.81. The van der Waals surface area contributed by atoms with E-state index in [9.17, 15) is 0 Å². The monoisotopic (exact) mass is 134 g/mol. The lowest BCUT2D eigenvalue weighted by atomic mass is 10.8. The highest BCUT2D eigenvalue weighted by Gasteiger charge is 1.83. The summed E-state index contributed by atoms with van der Waals surface area (Å²) < 4.78 is 4.76. The molecule has 1 aromatic heterocycles. The summed E-state index contributed by atoms with van der Waals surface area (Å²) >= 11 is 0. The highest BCUT2D eigenvalue weighted by Crippen LogP contribution is 1.99. The van der Waals surface area contributed by atoms with Crippen LogP contribution in [-0.4, -0.2) is 12.0 Å². The maximum absolute atomic E-state index is 4.76. The zero-order valence-electron chi connectivity index (χ0n) is 4.42. The van der Waals surface area contributed by atoms with E-state index in [1.165, 1.54) is 6.39 Å². The van der Waals surface area contributed by atoms with Crippen molar-refractivity contribution in [2.24, 2.45) is 0 Å². The molecule has 4 heteroatoms. The van der Waals surface area contributed by atoms with Crippen LogP contribution in [0.4, 0.5) is 5.88 Å². The first kappa shape index (κ1) is 7.30. The van der Waals surface area contributed by atoms with Gasteiger partial charge in [0.1, 0.15) is 0 Å². The highest BCUT2D eigenvalue weighted by molar-refractivity contribution is 5.85. The molecular formula is C4H7ClN2O. The van der Waals surface area contributed by atoms with Gasteiger partial charge in [-0.05, 0) is 0 Å². The molecule has 8 heavy (non-hydrogen) atoms. The number of nitrogens with one attached hydrogen (secondary N) is 1. The number of oxazole rings is 1. The van der Waals surface area contributed by atoms with Gasteiger partial charge in [0, 0.05) is 7.05 Å². The van der Waals surface area contributed by atoms with Gasteiger partial charge in [-0.2, -0.15) is 0 Å². The first-order chi connectivity index (χ1) is 3.43. The number of rotatable bonds is 1. The Bertz CT molecular complexity index is 129. The fourth-order valence-corrected chi connectivity index (χ4v) is 0.339. The summed E-state index contributed by atoms with van der Waals surface area (Å²) in [6.45, 7) is 0. The number of aromatic nitrogens is 1. The third kappa shape index (κ3) is 1.42. The summed E-state index contributed by atoms with van der Waals surface area (Å²) in [7, 11) is 1.78. The molecule has 0 unspecified atom stereocenters.